The molecule has 0 aromatic heterocycles. The van der Waals surface area contributed by atoms with E-state index in [1.165, 1.54) is 4.90 Å². The number of aliphatic hydroxyl groups excluding tert-OH is 1. The Hall–Kier alpha value is -2.86. The number of benzene rings is 2. The number of rotatable bonds is 4. The fourth-order valence-electron chi connectivity index (χ4n) is 3.15. The van der Waals surface area contributed by atoms with Crippen LogP contribution in [0.15, 0.2) is 48.5 Å². The Morgan fingerprint density at radius 1 is 1.19 bits per heavy atom. The highest BCUT2D eigenvalue weighted by Gasteiger charge is 2.40. The average molecular weight is 368 g/mol. The van der Waals surface area contributed by atoms with Crippen molar-refractivity contribution in [1.29, 1.82) is 0 Å². The van der Waals surface area contributed by atoms with Gasteiger partial charge in [0, 0.05) is 12.1 Å². The summed E-state index contributed by atoms with van der Waals surface area (Å²) in [4.78, 5) is 26.5. The molecule has 0 spiro atoms. The molecule has 1 fully saturated rings. The molecule has 1 heterocycles. The molecule has 0 radical (unpaired) electrons. The summed E-state index contributed by atoms with van der Waals surface area (Å²) < 4.78 is 5.33. The second-order valence-electron chi connectivity index (χ2n) is 6.91. The number of nitrogens with zero attached hydrogens (tertiary/aromatic N) is 1. The van der Waals surface area contributed by atoms with Gasteiger partial charge in [-0.1, -0.05) is 42.5 Å². The zero-order valence-electron chi connectivity index (χ0n) is 15.5. The van der Waals surface area contributed by atoms with Crippen LogP contribution in [0.5, 0.6) is 0 Å². The smallest absolute Gasteiger partial charge is 0.410 e. The van der Waals surface area contributed by atoms with Gasteiger partial charge in [-0.05, 0) is 36.6 Å². The first-order chi connectivity index (χ1) is 12.9. The fourth-order valence-corrected chi connectivity index (χ4v) is 3.15. The van der Waals surface area contributed by atoms with Gasteiger partial charge in [0.1, 0.15) is 12.6 Å². The van der Waals surface area contributed by atoms with E-state index in [4.69, 9.17) is 4.74 Å². The third kappa shape index (κ3) is 4.65. The van der Waals surface area contributed by atoms with Gasteiger partial charge in [-0.15, -0.1) is 0 Å². The Labute approximate surface area is 158 Å². The van der Waals surface area contributed by atoms with Crippen LogP contribution in [0.1, 0.15) is 23.1 Å². The number of aryl methyl sites for hydroxylation is 2. The number of carbonyl (C=O) groups is 2. The second-order valence-corrected chi connectivity index (χ2v) is 6.91. The summed E-state index contributed by atoms with van der Waals surface area (Å²) in [6.45, 7) is 4.06. The molecule has 6 nitrogen and oxygen atoms in total. The highest BCUT2D eigenvalue weighted by atomic mass is 16.6. The van der Waals surface area contributed by atoms with E-state index in [2.05, 4.69) is 5.32 Å². The van der Waals surface area contributed by atoms with E-state index in [0.717, 1.165) is 16.7 Å². The van der Waals surface area contributed by atoms with Gasteiger partial charge < -0.3 is 15.2 Å². The monoisotopic (exact) mass is 368 g/mol. The molecule has 0 unspecified atom stereocenters. The van der Waals surface area contributed by atoms with Crippen molar-refractivity contribution in [3.63, 3.8) is 0 Å². The maximum Gasteiger partial charge on any atom is 0.410 e. The van der Waals surface area contributed by atoms with Crippen molar-refractivity contribution in [2.75, 3.05) is 11.9 Å². The summed E-state index contributed by atoms with van der Waals surface area (Å²) in [6, 6.07) is 14.4. The largest absolute Gasteiger partial charge is 0.445 e. The van der Waals surface area contributed by atoms with Crippen LogP contribution in [0.2, 0.25) is 0 Å². The lowest BCUT2D eigenvalue weighted by Crippen LogP contribution is -2.43. The Morgan fingerprint density at radius 3 is 2.67 bits per heavy atom. The summed E-state index contributed by atoms with van der Waals surface area (Å²) in [6.07, 6.45) is -1.16. The molecule has 2 amide bonds. The summed E-state index contributed by atoms with van der Waals surface area (Å²) in [5.41, 5.74) is 3.54. The lowest BCUT2D eigenvalue weighted by Gasteiger charge is -2.23. The molecule has 2 N–H and O–H groups in total. The molecule has 1 aliphatic heterocycles. The van der Waals surface area contributed by atoms with E-state index in [-0.39, 0.29) is 25.5 Å². The number of likely N-dealkylation sites (tertiary alicyclic amines) is 1. The Bertz CT molecular complexity index is 822. The van der Waals surface area contributed by atoms with Crippen LogP contribution < -0.4 is 5.32 Å². The van der Waals surface area contributed by atoms with Crippen LogP contribution in [-0.2, 0) is 16.1 Å². The summed E-state index contributed by atoms with van der Waals surface area (Å²) in [7, 11) is 0. The third-order valence-corrected chi connectivity index (χ3v) is 4.67. The minimum atomic E-state index is -0.761. The molecule has 0 aliphatic carbocycles. The van der Waals surface area contributed by atoms with E-state index in [0.29, 0.717) is 5.69 Å². The van der Waals surface area contributed by atoms with Crippen LogP contribution in [0.3, 0.4) is 0 Å². The summed E-state index contributed by atoms with van der Waals surface area (Å²) in [5, 5.41) is 12.9. The first-order valence-electron chi connectivity index (χ1n) is 8.97. The zero-order valence-corrected chi connectivity index (χ0v) is 15.5. The SMILES string of the molecule is Cc1ccc(C)c(NC(=O)[C@H]2C[C@@H](O)CN2C(=O)OCc2ccccc2)c1. The molecule has 0 bridgehead atoms. The third-order valence-electron chi connectivity index (χ3n) is 4.67. The normalized spacial score (nSPS) is 19.0. The van der Waals surface area contributed by atoms with Crippen molar-refractivity contribution in [2.45, 2.75) is 39.0 Å². The van der Waals surface area contributed by atoms with E-state index >= 15 is 0 Å². The topological polar surface area (TPSA) is 78.9 Å². The van der Waals surface area contributed by atoms with Crippen molar-refractivity contribution >= 4 is 17.7 Å². The minimum Gasteiger partial charge on any atom is -0.445 e. The summed E-state index contributed by atoms with van der Waals surface area (Å²) >= 11 is 0. The highest BCUT2D eigenvalue weighted by Crippen LogP contribution is 2.23. The van der Waals surface area contributed by atoms with Gasteiger partial charge in [-0.2, -0.15) is 0 Å². The second kappa shape index (κ2) is 8.22. The van der Waals surface area contributed by atoms with Gasteiger partial charge >= 0.3 is 6.09 Å². The van der Waals surface area contributed by atoms with Gasteiger partial charge in [0.2, 0.25) is 5.91 Å². The van der Waals surface area contributed by atoms with Gasteiger partial charge in [-0.25, -0.2) is 4.79 Å². The molecular formula is C21H24N2O4. The molecule has 1 aliphatic rings. The zero-order chi connectivity index (χ0) is 19.4. The van der Waals surface area contributed by atoms with Gasteiger partial charge in [0.05, 0.1) is 12.6 Å². The lowest BCUT2D eigenvalue weighted by atomic mass is 10.1. The van der Waals surface area contributed by atoms with Crippen LogP contribution >= 0.6 is 0 Å². The minimum absolute atomic E-state index is 0.0819. The molecule has 2 aromatic rings. The molecule has 6 heteroatoms. The maximum atomic E-state index is 12.7. The Balaban J connectivity index is 1.66. The quantitative estimate of drug-likeness (QED) is 0.870. The van der Waals surface area contributed by atoms with E-state index in [1.807, 2.05) is 62.4 Å². The molecule has 2 aromatic carbocycles. The van der Waals surface area contributed by atoms with Crippen molar-refractivity contribution < 1.29 is 19.4 Å². The molecule has 27 heavy (non-hydrogen) atoms. The maximum absolute atomic E-state index is 12.7. The molecule has 1 saturated heterocycles. The van der Waals surface area contributed by atoms with Crippen molar-refractivity contribution in [1.82, 2.24) is 4.90 Å². The van der Waals surface area contributed by atoms with Crippen molar-refractivity contribution in [3.05, 3.63) is 65.2 Å². The van der Waals surface area contributed by atoms with E-state index in [1.54, 1.807) is 0 Å². The summed E-state index contributed by atoms with van der Waals surface area (Å²) in [5.74, 6) is -0.322. The number of hydrogen-bond acceptors (Lipinski definition) is 4. The first-order valence-corrected chi connectivity index (χ1v) is 8.97. The van der Waals surface area contributed by atoms with Crippen molar-refractivity contribution in [2.24, 2.45) is 0 Å². The molecule has 142 valence electrons. The molecular weight excluding hydrogens is 344 g/mol. The fraction of sp³-hybridized carbons (Fsp3) is 0.333. The number of aliphatic hydroxyl groups is 1. The van der Waals surface area contributed by atoms with Gasteiger partial charge in [-0.3, -0.25) is 9.69 Å². The average Bonchev–Trinajstić information content (AvgIpc) is 3.05. The van der Waals surface area contributed by atoms with Crippen LogP contribution in [0.4, 0.5) is 10.5 Å². The molecule has 0 saturated carbocycles. The number of anilines is 1. The van der Waals surface area contributed by atoms with Crippen molar-refractivity contribution in [3.8, 4) is 0 Å². The highest BCUT2D eigenvalue weighted by molar-refractivity contribution is 5.97. The number of β-amino-alcohol motifs (C(OH)–C–C–N with tert-alkyl or cyclic N) is 1. The number of nitrogens with one attached hydrogen (secondary N) is 1. The predicted octanol–water partition coefficient (Wildman–Crippen LogP) is 3.01. The number of carbonyl (C=O) groups excluding carboxylic acids is 2. The first kappa shape index (κ1) is 18.9. The van der Waals surface area contributed by atoms with Crippen LogP contribution in [-0.4, -0.2) is 40.7 Å². The standard InChI is InChI=1S/C21H24N2O4/c1-14-8-9-15(2)18(10-14)22-20(25)19-11-17(24)12-23(19)21(26)27-13-16-6-4-3-5-7-16/h3-10,17,19,24H,11-13H2,1-2H3,(H,22,25)/t17-,19-/m1/s1. The van der Waals surface area contributed by atoms with E-state index < -0.39 is 18.2 Å². The number of hydrogen-bond donors (Lipinski definition) is 2. The molecule has 2 atom stereocenters. The van der Waals surface area contributed by atoms with Gasteiger partial charge in [0.25, 0.3) is 0 Å². The Morgan fingerprint density at radius 2 is 1.93 bits per heavy atom. The van der Waals surface area contributed by atoms with E-state index in [9.17, 15) is 14.7 Å². The van der Waals surface area contributed by atoms with Gasteiger partial charge in [0.15, 0.2) is 0 Å². The van der Waals surface area contributed by atoms with Crippen LogP contribution in [0.25, 0.3) is 0 Å². The molecule has 3 rings (SSSR count). The number of ether oxygens (including phenoxy) is 1. The number of amides is 2. The Kier molecular flexibility index (Phi) is 5.76. The van der Waals surface area contributed by atoms with Crippen LogP contribution in [0, 0.1) is 13.8 Å². The lowest BCUT2D eigenvalue weighted by molar-refractivity contribution is -0.120. The predicted molar refractivity (Wildman–Crippen MR) is 102 cm³/mol.